The Hall–Kier alpha value is -3.10. The summed E-state index contributed by atoms with van der Waals surface area (Å²) in [6.45, 7) is 0.825. The van der Waals surface area contributed by atoms with Crippen LogP contribution in [0.1, 0.15) is 33.0 Å². The number of aromatic hydroxyl groups is 1. The fraction of sp³-hybridized carbons (Fsp3) is 0.167. The van der Waals surface area contributed by atoms with Gasteiger partial charge in [-0.2, -0.15) is 36.1 Å². The molecule has 1 N–H and O–H groups in total. The van der Waals surface area contributed by atoms with Crippen molar-refractivity contribution in [3.8, 4) is 11.6 Å². The minimum absolute atomic E-state index is 0. The minimum atomic E-state index is -5.44. The van der Waals surface area contributed by atoms with Crippen molar-refractivity contribution in [2.24, 2.45) is 0 Å². The molecule has 0 fully saturated rings. The van der Waals surface area contributed by atoms with E-state index in [0.717, 1.165) is 6.92 Å². The van der Waals surface area contributed by atoms with Gasteiger partial charge in [0.2, 0.25) is 17.5 Å². The zero-order valence-electron chi connectivity index (χ0n) is 16.7. The summed E-state index contributed by atoms with van der Waals surface area (Å²) in [7, 11) is 0. The summed E-state index contributed by atoms with van der Waals surface area (Å²) in [5.41, 5.74) is -9.32. The Balaban J connectivity index is 0.00000432. The second kappa shape index (κ2) is 9.17. The van der Waals surface area contributed by atoms with Crippen LogP contribution < -0.4 is 0 Å². The quantitative estimate of drug-likeness (QED) is 0.154. The molecule has 0 spiro atoms. The summed E-state index contributed by atoms with van der Waals surface area (Å²) in [6.07, 6.45) is -10.9. The zero-order chi connectivity index (χ0) is 25.9. The molecule has 0 radical (unpaired) electrons. The van der Waals surface area contributed by atoms with Crippen molar-refractivity contribution in [2.45, 2.75) is 19.3 Å². The fourth-order valence-electron chi connectivity index (χ4n) is 2.81. The van der Waals surface area contributed by atoms with E-state index in [1.54, 1.807) is 0 Å². The van der Waals surface area contributed by atoms with E-state index in [4.69, 9.17) is 0 Å². The average Bonchev–Trinajstić information content (AvgIpc) is 3.02. The van der Waals surface area contributed by atoms with Gasteiger partial charge in [0, 0.05) is 25.0 Å². The Morgan fingerprint density at radius 2 is 1.23 bits per heavy atom. The molecule has 3 aromatic rings. The van der Waals surface area contributed by atoms with Crippen LogP contribution in [0.15, 0.2) is 12.1 Å². The molecule has 0 aliphatic carbocycles. The van der Waals surface area contributed by atoms with Gasteiger partial charge in [0.25, 0.3) is 0 Å². The monoisotopic (exact) mass is 569 g/mol. The SMILES string of the molecule is Cc1nn(-c2c(F)c(F)c(F)c(F)c2F)c(O)c1C(=O)c1cc(C(F)(F)F)nc(C(F)(F)F)c1.[Zn]. The molecule has 0 saturated carbocycles. The molecule has 0 aliphatic heterocycles. The Bertz CT molecular complexity index is 1270. The molecule has 3 rings (SSSR count). The van der Waals surface area contributed by atoms with Crippen molar-refractivity contribution in [3.63, 3.8) is 0 Å². The molecular weight excluding hydrogens is 565 g/mol. The van der Waals surface area contributed by atoms with Gasteiger partial charge in [-0.15, -0.1) is 0 Å². The van der Waals surface area contributed by atoms with Crippen molar-refractivity contribution in [3.05, 3.63) is 69.4 Å². The van der Waals surface area contributed by atoms with E-state index in [9.17, 15) is 58.2 Å². The van der Waals surface area contributed by atoms with E-state index in [2.05, 4.69) is 10.1 Å². The van der Waals surface area contributed by atoms with Crippen LogP contribution in [0.5, 0.6) is 5.88 Å². The first-order chi connectivity index (χ1) is 15.5. The molecule has 0 saturated heterocycles. The fourth-order valence-corrected chi connectivity index (χ4v) is 2.81. The third-order valence-corrected chi connectivity index (χ3v) is 4.33. The maximum absolute atomic E-state index is 14.1. The van der Waals surface area contributed by atoms with Gasteiger partial charge in [-0.25, -0.2) is 26.9 Å². The van der Waals surface area contributed by atoms with E-state index in [1.807, 2.05) is 0 Å². The molecule has 17 heteroatoms. The molecule has 184 valence electrons. The minimum Gasteiger partial charge on any atom is -0.493 e. The number of carbonyl (C=O) groups is 1. The largest absolute Gasteiger partial charge is 0.493 e. The van der Waals surface area contributed by atoms with Gasteiger partial charge < -0.3 is 5.11 Å². The number of aromatic nitrogens is 3. The van der Waals surface area contributed by atoms with Gasteiger partial charge in [0.15, 0.2) is 23.3 Å². The molecular formula is C18H6F11N3O2Zn. The molecule has 0 bridgehead atoms. The number of benzene rings is 1. The third kappa shape index (κ3) is 4.86. The summed E-state index contributed by atoms with van der Waals surface area (Å²) in [6, 6.07) is -0.182. The van der Waals surface area contributed by atoms with Gasteiger partial charge in [-0.05, 0) is 19.1 Å². The van der Waals surface area contributed by atoms with Crippen LogP contribution in [0.3, 0.4) is 0 Å². The number of hydrogen-bond acceptors (Lipinski definition) is 4. The first-order valence-corrected chi connectivity index (χ1v) is 8.48. The number of pyridine rings is 1. The second-order valence-electron chi connectivity index (χ2n) is 6.57. The molecule has 0 unspecified atom stereocenters. The average molecular weight is 571 g/mol. The van der Waals surface area contributed by atoms with Crippen LogP contribution >= 0.6 is 0 Å². The first-order valence-electron chi connectivity index (χ1n) is 8.48. The zero-order valence-corrected chi connectivity index (χ0v) is 19.7. The van der Waals surface area contributed by atoms with E-state index >= 15 is 0 Å². The molecule has 1 aromatic carbocycles. The normalized spacial score (nSPS) is 12.0. The van der Waals surface area contributed by atoms with Crippen LogP contribution in [-0.2, 0) is 31.8 Å². The van der Waals surface area contributed by atoms with Crippen LogP contribution in [0.2, 0.25) is 0 Å². The molecule has 35 heavy (non-hydrogen) atoms. The molecule has 2 aromatic heterocycles. The van der Waals surface area contributed by atoms with E-state index in [0.29, 0.717) is 0 Å². The van der Waals surface area contributed by atoms with Crippen LogP contribution in [0.4, 0.5) is 48.3 Å². The molecule has 0 amide bonds. The number of aryl methyl sites for hydroxylation is 1. The standard InChI is InChI=1S/C18H6F11N3O2.Zn/c1-4-8(15(33)5-2-6(17(24,25)26)30-7(3-5)18(27,28)29)16(34)32(31-4)14-12(22)10(20)9(19)11(21)13(14)23;/h2-3,34H,1H3;. The first kappa shape index (κ1) is 28.1. The predicted molar refractivity (Wildman–Crippen MR) is 87.4 cm³/mol. The summed E-state index contributed by atoms with van der Waals surface area (Å²) in [4.78, 5) is 15.1. The maximum atomic E-state index is 14.1. The Morgan fingerprint density at radius 3 is 1.63 bits per heavy atom. The Morgan fingerprint density at radius 1 is 0.829 bits per heavy atom. The van der Waals surface area contributed by atoms with E-state index in [-0.39, 0.29) is 36.3 Å². The number of ketones is 1. The molecule has 0 atom stereocenters. The van der Waals surface area contributed by atoms with Crippen LogP contribution in [0, 0.1) is 36.0 Å². The number of nitrogens with zero attached hydrogens (tertiary/aromatic N) is 3. The number of halogens is 11. The molecule has 5 nitrogen and oxygen atoms in total. The summed E-state index contributed by atoms with van der Waals surface area (Å²) >= 11 is 0. The summed E-state index contributed by atoms with van der Waals surface area (Å²) in [5.74, 6) is -15.8. The Labute approximate surface area is 198 Å². The number of hydrogen-bond donors (Lipinski definition) is 1. The van der Waals surface area contributed by atoms with Crippen molar-refractivity contribution in [1.29, 1.82) is 0 Å². The van der Waals surface area contributed by atoms with Crippen LogP contribution in [-0.4, -0.2) is 25.7 Å². The number of carbonyl (C=O) groups excluding carboxylic acids is 1. The van der Waals surface area contributed by atoms with Crippen molar-refractivity contribution in [1.82, 2.24) is 14.8 Å². The number of alkyl halides is 6. The van der Waals surface area contributed by atoms with E-state index < -0.39 is 87.0 Å². The summed E-state index contributed by atoms with van der Waals surface area (Å²) in [5, 5.41) is 13.5. The maximum Gasteiger partial charge on any atom is 0.433 e. The van der Waals surface area contributed by atoms with Crippen LogP contribution in [0.25, 0.3) is 5.69 Å². The smallest absolute Gasteiger partial charge is 0.433 e. The van der Waals surface area contributed by atoms with Gasteiger partial charge in [-0.3, -0.25) is 4.79 Å². The Kier molecular flexibility index (Phi) is 7.37. The van der Waals surface area contributed by atoms with Crippen molar-refractivity contribution >= 4 is 5.78 Å². The topological polar surface area (TPSA) is 68.0 Å². The third-order valence-electron chi connectivity index (χ3n) is 4.33. The van der Waals surface area contributed by atoms with Gasteiger partial charge in [0.05, 0.1) is 5.69 Å². The second-order valence-corrected chi connectivity index (χ2v) is 6.57. The van der Waals surface area contributed by atoms with Crippen molar-refractivity contribution < 1.29 is 77.7 Å². The predicted octanol–water partition coefficient (Wildman–Crippen LogP) is 5.24. The molecule has 2 heterocycles. The van der Waals surface area contributed by atoms with E-state index in [1.165, 1.54) is 0 Å². The molecule has 0 aliphatic rings. The van der Waals surface area contributed by atoms with Gasteiger partial charge >= 0.3 is 12.4 Å². The van der Waals surface area contributed by atoms with Gasteiger partial charge in [0.1, 0.15) is 22.6 Å². The van der Waals surface area contributed by atoms with Crippen molar-refractivity contribution in [2.75, 3.05) is 0 Å². The van der Waals surface area contributed by atoms with Gasteiger partial charge in [-0.1, -0.05) is 0 Å². The number of rotatable bonds is 3. The summed E-state index contributed by atoms with van der Waals surface area (Å²) < 4.78 is 146.